The third-order valence-corrected chi connectivity index (χ3v) is 6.95. The molecular weight excluding hydrogens is 476 g/mol. The Bertz CT molecular complexity index is 993. The molecule has 36 heavy (non-hydrogen) atoms. The minimum absolute atomic E-state index is 0.0779. The third-order valence-electron chi connectivity index (χ3n) is 6.69. The maximum atomic E-state index is 13.0. The molecule has 7 heteroatoms. The Morgan fingerprint density at radius 2 is 1.61 bits per heavy atom. The van der Waals surface area contributed by atoms with Crippen LogP contribution in [0.5, 0.6) is 0 Å². The Morgan fingerprint density at radius 1 is 1.03 bits per heavy atom. The molecule has 1 fully saturated rings. The van der Waals surface area contributed by atoms with Gasteiger partial charge in [0.2, 0.25) is 0 Å². The number of methoxy groups -OCH3 is 1. The zero-order chi connectivity index (χ0) is 26.3. The van der Waals surface area contributed by atoms with Gasteiger partial charge in [0.05, 0.1) is 12.6 Å². The summed E-state index contributed by atoms with van der Waals surface area (Å²) in [7, 11) is 1.71. The maximum Gasteiger partial charge on any atom is 0.410 e. The summed E-state index contributed by atoms with van der Waals surface area (Å²) in [5.41, 5.74) is 2.31. The van der Waals surface area contributed by atoms with Crippen molar-refractivity contribution in [2.75, 3.05) is 26.8 Å². The number of amides is 2. The molecule has 0 saturated carbocycles. The molecule has 1 aliphatic rings. The lowest BCUT2D eigenvalue weighted by Gasteiger charge is -2.36. The normalized spacial score (nSPS) is 16.3. The first-order valence-corrected chi connectivity index (χ1v) is 13.1. The standard InChI is InChI=1S/C29H39ClN2O4/c1-6-26(22-11-13-24(30)14-12-22)31-27(33)23-9-7-20(8-10-23)25(19-35-5)21-15-17-32(18-16-21)28(34)36-29(2,3)4/h7-14,21,25-26H,6,15-19H2,1-5H3,(H,31,33). The van der Waals surface area contributed by atoms with Crippen LogP contribution in [-0.2, 0) is 9.47 Å². The van der Waals surface area contributed by atoms with E-state index in [4.69, 9.17) is 21.1 Å². The molecule has 1 N–H and O–H groups in total. The summed E-state index contributed by atoms with van der Waals surface area (Å²) in [4.78, 5) is 27.2. The minimum atomic E-state index is -0.494. The number of ether oxygens (including phenoxy) is 2. The highest BCUT2D eigenvalue weighted by atomic mass is 35.5. The van der Waals surface area contributed by atoms with Crippen molar-refractivity contribution in [1.82, 2.24) is 10.2 Å². The molecule has 2 amide bonds. The molecular formula is C29H39ClN2O4. The molecule has 0 radical (unpaired) electrons. The van der Waals surface area contributed by atoms with Gasteiger partial charge in [0.1, 0.15) is 5.60 Å². The topological polar surface area (TPSA) is 67.9 Å². The predicted octanol–water partition coefficient (Wildman–Crippen LogP) is 6.60. The molecule has 0 aromatic heterocycles. The number of benzene rings is 2. The zero-order valence-electron chi connectivity index (χ0n) is 22.1. The Morgan fingerprint density at radius 3 is 2.14 bits per heavy atom. The quantitative estimate of drug-likeness (QED) is 0.431. The smallest absolute Gasteiger partial charge is 0.410 e. The van der Waals surface area contributed by atoms with Gasteiger partial charge in [-0.1, -0.05) is 42.8 Å². The molecule has 1 saturated heterocycles. The molecule has 0 spiro atoms. The van der Waals surface area contributed by atoms with Crippen LogP contribution in [0.15, 0.2) is 48.5 Å². The van der Waals surface area contributed by atoms with E-state index in [0.717, 1.165) is 30.4 Å². The van der Waals surface area contributed by atoms with Gasteiger partial charge in [-0.2, -0.15) is 0 Å². The molecule has 196 valence electrons. The van der Waals surface area contributed by atoms with Crippen molar-refractivity contribution in [2.45, 2.75) is 64.5 Å². The lowest BCUT2D eigenvalue weighted by molar-refractivity contribution is 0.0159. The van der Waals surface area contributed by atoms with Crippen molar-refractivity contribution in [3.05, 3.63) is 70.2 Å². The van der Waals surface area contributed by atoms with Crippen LogP contribution >= 0.6 is 11.6 Å². The highest BCUT2D eigenvalue weighted by molar-refractivity contribution is 6.30. The number of hydrogen-bond acceptors (Lipinski definition) is 4. The Hall–Kier alpha value is -2.57. The van der Waals surface area contributed by atoms with E-state index >= 15 is 0 Å². The van der Waals surface area contributed by atoms with Crippen molar-refractivity contribution >= 4 is 23.6 Å². The fraction of sp³-hybridized carbons (Fsp3) is 0.517. The van der Waals surface area contributed by atoms with Crippen LogP contribution in [0.1, 0.15) is 80.4 Å². The summed E-state index contributed by atoms with van der Waals surface area (Å²) in [5, 5.41) is 3.81. The second-order valence-electron chi connectivity index (χ2n) is 10.5. The predicted molar refractivity (Wildman–Crippen MR) is 144 cm³/mol. The van der Waals surface area contributed by atoms with Crippen LogP contribution in [0.2, 0.25) is 5.02 Å². The minimum Gasteiger partial charge on any atom is -0.444 e. The molecule has 1 aliphatic heterocycles. The number of carbonyl (C=O) groups is 2. The Kier molecular flexibility index (Phi) is 9.80. The average molecular weight is 515 g/mol. The molecule has 3 rings (SSSR count). The molecule has 0 bridgehead atoms. The Labute approximate surface area is 220 Å². The van der Waals surface area contributed by atoms with E-state index in [2.05, 4.69) is 5.32 Å². The molecule has 2 atom stereocenters. The lowest BCUT2D eigenvalue weighted by atomic mass is 9.80. The summed E-state index contributed by atoms with van der Waals surface area (Å²) >= 11 is 6.00. The highest BCUT2D eigenvalue weighted by Gasteiger charge is 2.31. The van der Waals surface area contributed by atoms with Crippen molar-refractivity contribution in [2.24, 2.45) is 5.92 Å². The number of piperidine rings is 1. The third kappa shape index (κ3) is 7.71. The van der Waals surface area contributed by atoms with Crippen LogP contribution in [0.3, 0.4) is 0 Å². The average Bonchev–Trinajstić information content (AvgIpc) is 2.85. The van der Waals surface area contributed by atoms with Crippen molar-refractivity contribution in [3.8, 4) is 0 Å². The monoisotopic (exact) mass is 514 g/mol. The number of likely N-dealkylation sites (tertiary alicyclic amines) is 1. The van der Waals surface area contributed by atoms with E-state index in [1.807, 2.05) is 76.2 Å². The maximum absolute atomic E-state index is 13.0. The fourth-order valence-electron chi connectivity index (χ4n) is 4.73. The first-order valence-electron chi connectivity index (χ1n) is 12.7. The highest BCUT2D eigenvalue weighted by Crippen LogP contribution is 2.34. The molecule has 1 heterocycles. The number of nitrogens with zero attached hydrogens (tertiary/aromatic N) is 1. The van der Waals surface area contributed by atoms with Crippen LogP contribution in [0.4, 0.5) is 4.79 Å². The molecule has 0 aliphatic carbocycles. The van der Waals surface area contributed by atoms with Crippen LogP contribution in [-0.4, -0.2) is 49.3 Å². The van der Waals surface area contributed by atoms with Crippen LogP contribution < -0.4 is 5.32 Å². The number of hydrogen-bond donors (Lipinski definition) is 1. The van der Waals surface area contributed by atoms with Gasteiger partial charge in [-0.05, 0) is 81.3 Å². The summed E-state index contributed by atoms with van der Waals surface area (Å²) in [6, 6.07) is 15.3. The van der Waals surface area contributed by atoms with Crippen molar-refractivity contribution < 1.29 is 19.1 Å². The van der Waals surface area contributed by atoms with E-state index < -0.39 is 5.60 Å². The SMILES string of the molecule is CCC(NC(=O)c1ccc(C(COC)C2CCN(C(=O)OC(C)(C)C)CC2)cc1)c1ccc(Cl)cc1. The Balaban J connectivity index is 1.63. The van der Waals surface area contributed by atoms with E-state index in [9.17, 15) is 9.59 Å². The van der Waals surface area contributed by atoms with Gasteiger partial charge in [-0.15, -0.1) is 0 Å². The van der Waals surface area contributed by atoms with Gasteiger partial charge in [-0.25, -0.2) is 4.79 Å². The second-order valence-corrected chi connectivity index (χ2v) is 10.9. The first kappa shape index (κ1) is 28.0. The van der Waals surface area contributed by atoms with Crippen molar-refractivity contribution in [1.29, 1.82) is 0 Å². The van der Waals surface area contributed by atoms with Crippen LogP contribution in [0.25, 0.3) is 0 Å². The molecule has 6 nitrogen and oxygen atoms in total. The van der Waals surface area contributed by atoms with Gasteiger partial charge in [0.15, 0.2) is 0 Å². The number of carbonyl (C=O) groups excluding carboxylic acids is 2. The summed E-state index contributed by atoms with van der Waals surface area (Å²) in [6.07, 6.45) is 2.30. The van der Waals surface area contributed by atoms with Crippen LogP contribution in [0, 0.1) is 5.92 Å². The van der Waals surface area contributed by atoms with Gasteiger partial charge in [-0.3, -0.25) is 4.79 Å². The number of rotatable bonds is 8. The van der Waals surface area contributed by atoms with Gasteiger partial charge in [0, 0.05) is 36.7 Å². The number of halogens is 1. The first-order chi connectivity index (χ1) is 17.1. The van der Waals surface area contributed by atoms with E-state index in [-0.39, 0.29) is 24.0 Å². The molecule has 2 unspecified atom stereocenters. The number of nitrogens with one attached hydrogen (secondary N) is 1. The fourth-order valence-corrected chi connectivity index (χ4v) is 4.86. The lowest BCUT2D eigenvalue weighted by Crippen LogP contribution is -2.43. The summed E-state index contributed by atoms with van der Waals surface area (Å²) in [6.45, 7) is 9.64. The van der Waals surface area contributed by atoms with E-state index in [1.54, 1.807) is 12.0 Å². The largest absolute Gasteiger partial charge is 0.444 e. The van der Waals surface area contributed by atoms with E-state index in [0.29, 0.717) is 36.2 Å². The molecule has 2 aromatic carbocycles. The summed E-state index contributed by atoms with van der Waals surface area (Å²) < 4.78 is 11.1. The summed E-state index contributed by atoms with van der Waals surface area (Å²) in [5.74, 6) is 0.486. The van der Waals surface area contributed by atoms with Gasteiger partial charge >= 0.3 is 6.09 Å². The van der Waals surface area contributed by atoms with E-state index in [1.165, 1.54) is 0 Å². The zero-order valence-corrected chi connectivity index (χ0v) is 22.8. The van der Waals surface area contributed by atoms with Gasteiger partial charge in [0.25, 0.3) is 5.91 Å². The second kappa shape index (κ2) is 12.6. The van der Waals surface area contributed by atoms with Gasteiger partial charge < -0.3 is 19.7 Å². The molecule has 2 aromatic rings. The van der Waals surface area contributed by atoms with Crippen molar-refractivity contribution in [3.63, 3.8) is 0 Å².